The fraction of sp³-hybridized carbons (Fsp3) is 0.250. The quantitative estimate of drug-likeness (QED) is 0.827. The van der Waals surface area contributed by atoms with Crippen LogP contribution in [0, 0.1) is 10.8 Å². The lowest BCUT2D eigenvalue weighted by atomic mass is 10.4. The minimum Gasteiger partial charge on any atom is -0.345 e. The van der Waals surface area contributed by atoms with Crippen LogP contribution >= 0.6 is 27.3 Å². The Kier molecular flexibility index (Phi) is 4.50. The monoisotopic (exact) mass is 258 g/mol. The second-order valence-corrected chi connectivity index (χ2v) is 3.53. The molecule has 0 unspecified atom stereocenters. The lowest BCUT2D eigenvalue weighted by molar-refractivity contribution is -0.115. The van der Waals surface area contributed by atoms with E-state index in [1.165, 1.54) is 0 Å². The van der Waals surface area contributed by atoms with Gasteiger partial charge in [-0.2, -0.15) is 0 Å². The summed E-state index contributed by atoms with van der Waals surface area (Å²) in [5.41, 5.74) is 0. The van der Waals surface area contributed by atoms with Crippen molar-refractivity contribution in [2.24, 2.45) is 0 Å². The van der Waals surface area contributed by atoms with Gasteiger partial charge in [-0.1, -0.05) is 0 Å². The summed E-state index contributed by atoms with van der Waals surface area (Å²) in [7, 11) is 0. The van der Waals surface area contributed by atoms with Crippen LogP contribution in [0.15, 0.2) is 11.6 Å². The Balaban J connectivity index is 2.20. The van der Waals surface area contributed by atoms with Crippen LogP contribution < -0.4 is 5.32 Å². The molecule has 0 fully saturated rings. The van der Waals surface area contributed by atoms with Crippen LogP contribution in [0.1, 0.15) is 5.01 Å². The number of carbonyl (C=O) groups is 1. The standard InChI is InChI=1S/C8H7BrN2OS/c9-3-1-7(12)10-4-2-8-11-5-6-13-8/h5-6H,2,4H2,(H,10,12). The van der Waals surface area contributed by atoms with Crippen LogP contribution in [-0.4, -0.2) is 17.4 Å². The Morgan fingerprint density at radius 2 is 2.62 bits per heavy atom. The first-order chi connectivity index (χ1) is 6.33. The molecule has 1 aromatic heterocycles. The fourth-order valence-electron chi connectivity index (χ4n) is 0.747. The summed E-state index contributed by atoms with van der Waals surface area (Å²) in [4.78, 5) is 17.3. The highest BCUT2D eigenvalue weighted by atomic mass is 79.9. The summed E-state index contributed by atoms with van der Waals surface area (Å²) < 4.78 is 0. The third kappa shape index (κ3) is 4.06. The molecular formula is C8H7BrN2OS. The minimum absolute atomic E-state index is 0.270. The molecule has 13 heavy (non-hydrogen) atoms. The van der Waals surface area contributed by atoms with E-state index < -0.39 is 0 Å². The van der Waals surface area contributed by atoms with Crippen molar-refractivity contribution in [3.05, 3.63) is 16.6 Å². The maximum atomic E-state index is 10.8. The maximum absolute atomic E-state index is 10.8. The first-order valence-corrected chi connectivity index (χ1v) is 5.28. The SMILES string of the molecule is O=C(C#CBr)NCCc1nccs1. The number of rotatable bonds is 3. The number of nitrogens with zero attached hydrogens (tertiary/aromatic N) is 1. The van der Waals surface area contributed by atoms with E-state index in [1.54, 1.807) is 17.5 Å². The Bertz CT molecular complexity index is 326. The fourth-order valence-corrected chi connectivity index (χ4v) is 1.55. The number of hydrogen-bond acceptors (Lipinski definition) is 3. The summed E-state index contributed by atoms with van der Waals surface area (Å²) >= 11 is 4.43. The molecule has 0 aliphatic heterocycles. The van der Waals surface area contributed by atoms with Gasteiger partial charge in [-0.25, -0.2) is 4.98 Å². The summed E-state index contributed by atoms with van der Waals surface area (Å²) in [5, 5.41) is 5.58. The molecule has 0 aliphatic carbocycles. The Morgan fingerprint density at radius 1 is 1.77 bits per heavy atom. The van der Waals surface area contributed by atoms with Gasteiger partial charge in [0.1, 0.15) is 0 Å². The highest BCUT2D eigenvalue weighted by molar-refractivity contribution is 9.12. The molecule has 3 nitrogen and oxygen atoms in total. The molecule has 0 aliphatic rings. The van der Waals surface area contributed by atoms with E-state index in [4.69, 9.17) is 0 Å². The second-order valence-electron chi connectivity index (χ2n) is 2.15. The maximum Gasteiger partial charge on any atom is 0.296 e. The van der Waals surface area contributed by atoms with Crippen LogP contribution in [-0.2, 0) is 11.2 Å². The van der Waals surface area contributed by atoms with Crippen molar-refractivity contribution in [1.82, 2.24) is 10.3 Å². The van der Waals surface area contributed by atoms with Gasteiger partial charge in [-0.05, 0) is 4.83 Å². The predicted molar refractivity (Wildman–Crippen MR) is 55.5 cm³/mol. The molecule has 68 valence electrons. The topological polar surface area (TPSA) is 42.0 Å². The van der Waals surface area contributed by atoms with Crippen LogP contribution in [0.25, 0.3) is 0 Å². The van der Waals surface area contributed by atoms with E-state index in [0.29, 0.717) is 6.54 Å². The van der Waals surface area contributed by atoms with Gasteiger partial charge in [0.15, 0.2) is 0 Å². The summed E-state index contributed by atoms with van der Waals surface area (Å²) in [6.45, 7) is 0.577. The third-order valence-corrected chi connectivity index (χ3v) is 2.31. The number of nitrogens with one attached hydrogen (secondary N) is 1. The van der Waals surface area contributed by atoms with E-state index >= 15 is 0 Å². The van der Waals surface area contributed by atoms with Gasteiger partial charge >= 0.3 is 0 Å². The highest BCUT2D eigenvalue weighted by Crippen LogP contribution is 2.03. The molecule has 0 bridgehead atoms. The first kappa shape index (κ1) is 10.2. The lowest BCUT2D eigenvalue weighted by Crippen LogP contribution is -2.23. The lowest BCUT2D eigenvalue weighted by Gasteiger charge is -1.96. The predicted octanol–water partition coefficient (Wildman–Crippen LogP) is 1.16. The van der Waals surface area contributed by atoms with Crippen molar-refractivity contribution in [2.75, 3.05) is 6.54 Å². The number of amides is 1. The molecule has 0 aromatic carbocycles. The zero-order valence-corrected chi connectivity index (χ0v) is 9.11. The normalized spacial score (nSPS) is 8.69. The van der Waals surface area contributed by atoms with Crippen molar-refractivity contribution < 1.29 is 4.79 Å². The Hall–Kier alpha value is -0.860. The van der Waals surface area contributed by atoms with Crippen LogP contribution in [0.3, 0.4) is 0 Å². The number of carbonyl (C=O) groups excluding carboxylic acids is 1. The van der Waals surface area contributed by atoms with E-state index in [0.717, 1.165) is 11.4 Å². The van der Waals surface area contributed by atoms with Crippen molar-refractivity contribution in [3.63, 3.8) is 0 Å². The Labute approximate surface area is 88.7 Å². The van der Waals surface area contributed by atoms with Crippen molar-refractivity contribution in [2.45, 2.75) is 6.42 Å². The van der Waals surface area contributed by atoms with Crippen LogP contribution in [0.5, 0.6) is 0 Å². The molecule has 0 saturated carbocycles. The van der Waals surface area contributed by atoms with Crippen LogP contribution in [0.4, 0.5) is 0 Å². The molecule has 0 spiro atoms. The van der Waals surface area contributed by atoms with Gasteiger partial charge in [-0.3, -0.25) is 4.79 Å². The molecule has 0 atom stereocenters. The highest BCUT2D eigenvalue weighted by Gasteiger charge is 1.97. The molecule has 1 amide bonds. The first-order valence-electron chi connectivity index (χ1n) is 3.61. The van der Waals surface area contributed by atoms with E-state index in [1.807, 2.05) is 5.38 Å². The van der Waals surface area contributed by atoms with E-state index in [9.17, 15) is 4.79 Å². The van der Waals surface area contributed by atoms with Crippen molar-refractivity contribution in [1.29, 1.82) is 0 Å². The third-order valence-electron chi connectivity index (χ3n) is 1.27. The molecule has 1 heterocycles. The zero-order valence-electron chi connectivity index (χ0n) is 6.71. The minimum atomic E-state index is -0.270. The van der Waals surface area contributed by atoms with Gasteiger partial charge in [-0.15, -0.1) is 11.3 Å². The molecule has 0 radical (unpaired) electrons. The number of halogens is 1. The van der Waals surface area contributed by atoms with Gasteiger partial charge in [0.25, 0.3) is 5.91 Å². The molecular weight excluding hydrogens is 252 g/mol. The molecule has 1 rings (SSSR count). The Morgan fingerprint density at radius 3 is 3.23 bits per heavy atom. The largest absolute Gasteiger partial charge is 0.345 e. The van der Waals surface area contributed by atoms with Gasteiger partial charge in [0, 0.05) is 46.4 Å². The average Bonchev–Trinajstić information content (AvgIpc) is 2.57. The molecule has 5 heteroatoms. The molecule has 1 N–H and O–H groups in total. The van der Waals surface area contributed by atoms with E-state index in [-0.39, 0.29) is 5.91 Å². The number of hydrogen-bond donors (Lipinski definition) is 1. The smallest absolute Gasteiger partial charge is 0.296 e. The van der Waals surface area contributed by atoms with Gasteiger partial charge in [0.05, 0.1) is 5.01 Å². The van der Waals surface area contributed by atoms with Gasteiger partial charge in [0.2, 0.25) is 0 Å². The van der Waals surface area contributed by atoms with Crippen LogP contribution in [0.2, 0.25) is 0 Å². The summed E-state index contributed by atoms with van der Waals surface area (Å²) in [6.07, 6.45) is 2.51. The summed E-state index contributed by atoms with van der Waals surface area (Å²) in [6, 6.07) is 0. The molecule has 1 aromatic rings. The van der Waals surface area contributed by atoms with Crippen molar-refractivity contribution >= 4 is 33.2 Å². The average molecular weight is 259 g/mol. The number of thiazole rings is 1. The van der Waals surface area contributed by atoms with Crippen molar-refractivity contribution in [3.8, 4) is 10.8 Å². The number of aromatic nitrogens is 1. The van der Waals surface area contributed by atoms with Gasteiger partial charge < -0.3 is 5.32 Å². The summed E-state index contributed by atoms with van der Waals surface area (Å²) in [5.74, 6) is 2.06. The van der Waals surface area contributed by atoms with E-state index in [2.05, 4.69) is 37.0 Å². The molecule has 0 saturated heterocycles. The zero-order chi connectivity index (χ0) is 9.52. The second kappa shape index (κ2) is 5.73.